The molecule has 0 amide bonds. The zero-order valence-corrected chi connectivity index (χ0v) is 15.3. The van der Waals surface area contributed by atoms with Crippen LogP contribution in [0.1, 0.15) is 43.2 Å². The molecule has 0 saturated carbocycles. The summed E-state index contributed by atoms with van der Waals surface area (Å²) < 4.78 is 101. The summed E-state index contributed by atoms with van der Waals surface area (Å²) in [5.74, 6) is -9.06. The number of allylic oxidation sites excluding steroid dienone is 2. The van der Waals surface area contributed by atoms with Crippen molar-refractivity contribution in [2.75, 3.05) is 0 Å². The van der Waals surface area contributed by atoms with Gasteiger partial charge in [0.2, 0.25) is 0 Å². The topological polar surface area (TPSA) is 9.23 Å². The second-order valence-corrected chi connectivity index (χ2v) is 6.87. The van der Waals surface area contributed by atoms with Crippen LogP contribution in [0.15, 0.2) is 48.1 Å². The van der Waals surface area contributed by atoms with Crippen molar-refractivity contribution in [1.82, 2.24) is 0 Å². The van der Waals surface area contributed by atoms with Crippen LogP contribution < -0.4 is 4.74 Å². The summed E-state index contributed by atoms with van der Waals surface area (Å²) in [5, 5.41) is 0. The predicted octanol–water partition coefficient (Wildman–Crippen LogP) is 7.29. The number of hydrogen-bond donors (Lipinski definition) is 0. The third-order valence-electron chi connectivity index (χ3n) is 5.04. The van der Waals surface area contributed by atoms with Crippen LogP contribution in [0.3, 0.4) is 0 Å². The van der Waals surface area contributed by atoms with Gasteiger partial charge in [0, 0.05) is 24.0 Å². The molecule has 2 unspecified atom stereocenters. The van der Waals surface area contributed by atoms with E-state index in [1.165, 1.54) is 12.1 Å². The first-order valence-electron chi connectivity index (χ1n) is 9.01. The van der Waals surface area contributed by atoms with Gasteiger partial charge in [-0.15, -0.1) is 0 Å². The van der Waals surface area contributed by atoms with E-state index in [-0.39, 0.29) is 0 Å². The van der Waals surface area contributed by atoms with Crippen molar-refractivity contribution in [2.24, 2.45) is 5.92 Å². The summed E-state index contributed by atoms with van der Waals surface area (Å²) in [6.45, 7) is 1.76. The molecule has 3 rings (SSSR count). The molecule has 0 bridgehead atoms. The van der Waals surface area contributed by atoms with Crippen molar-refractivity contribution in [1.29, 1.82) is 0 Å². The van der Waals surface area contributed by atoms with Gasteiger partial charge in [-0.3, -0.25) is 0 Å². The molecule has 0 aromatic heterocycles. The molecule has 156 valence electrons. The highest BCUT2D eigenvalue weighted by Crippen LogP contribution is 2.43. The summed E-state index contributed by atoms with van der Waals surface area (Å²) in [5.41, 5.74) is -0.343. The molecule has 1 aliphatic carbocycles. The second-order valence-electron chi connectivity index (χ2n) is 6.87. The fraction of sp³-hybridized carbons (Fsp3) is 0.333. The molecule has 1 nitrogen and oxygen atoms in total. The number of hydrogen-bond acceptors (Lipinski definition) is 1. The Morgan fingerprint density at radius 2 is 1.48 bits per heavy atom. The molecule has 0 aliphatic heterocycles. The molecule has 0 spiro atoms. The first-order valence-corrected chi connectivity index (χ1v) is 9.01. The lowest BCUT2D eigenvalue weighted by atomic mass is 9.81. The maximum Gasteiger partial charge on any atom is 0.426 e. The summed E-state index contributed by atoms with van der Waals surface area (Å²) >= 11 is 0. The molecule has 29 heavy (non-hydrogen) atoms. The van der Waals surface area contributed by atoms with Gasteiger partial charge in [-0.1, -0.05) is 19.1 Å². The molecule has 0 saturated heterocycles. The normalized spacial score (nSPS) is 20.1. The van der Waals surface area contributed by atoms with Crippen molar-refractivity contribution in [3.63, 3.8) is 0 Å². The fourth-order valence-electron chi connectivity index (χ4n) is 3.39. The van der Waals surface area contributed by atoms with Crippen molar-refractivity contribution in [3.05, 3.63) is 76.6 Å². The summed E-state index contributed by atoms with van der Waals surface area (Å²) in [4.78, 5) is 0. The largest absolute Gasteiger partial charge is 0.429 e. The summed E-state index contributed by atoms with van der Waals surface area (Å²) in [6.07, 6.45) is -2.73. The van der Waals surface area contributed by atoms with E-state index in [1.54, 1.807) is 6.92 Å². The number of halogens is 7. The minimum absolute atomic E-state index is 0.301. The van der Waals surface area contributed by atoms with Crippen molar-refractivity contribution in [2.45, 2.75) is 38.2 Å². The van der Waals surface area contributed by atoms with E-state index >= 15 is 0 Å². The Hall–Kier alpha value is -2.51. The molecule has 2 aromatic carbocycles. The Morgan fingerprint density at radius 3 is 2.03 bits per heavy atom. The Morgan fingerprint density at radius 1 is 0.897 bits per heavy atom. The van der Waals surface area contributed by atoms with Gasteiger partial charge in [-0.05, 0) is 37.0 Å². The molecule has 2 aromatic rings. The van der Waals surface area contributed by atoms with E-state index in [0.717, 1.165) is 12.1 Å². The predicted molar refractivity (Wildman–Crippen MR) is 92.3 cm³/mol. The third-order valence-corrected chi connectivity index (χ3v) is 5.04. The van der Waals surface area contributed by atoms with Crippen LogP contribution in [0, 0.1) is 23.4 Å². The number of rotatable bonds is 5. The molecule has 8 heteroatoms. The third kappa shape index (κ3) is 4.26. The van der Waals surface area contributed by atoms with Gasteiger partial charge in [0.05, 0.1) is 5.56 Å². The highest BCUT2D eigenvalue weighted by atomic mass is 19.3. The van der Waals surface area contributed by atoms with Crippen LogP contribution >= 0.6 is 0 Å². The van der Waals surface area contributed by atoms with Gasteiger partial charge in [0.1, 0.15) is 17.4 Å². The van der Waals surface area contributed by atoms with Crippen LogP contribution in [0.5, 0.6) is 5.75 Å². The first-order chi connectivity index (χ1) is 13.6. The number of alkyl halides is 2. The first kappa shape index (κ1) is 21.2. The lowest BCUT2D eigenvalue weighted by molar-refractivity contribution is -0.185. The zero-order chi connectivity index (χ0) is 21.3. The van der Waals surface area contributed by atoms with Crippen LogP contribution in [-0.4, -0.2) is 0 Å². The smallest absolute Gasteiger partial charge is 0.426 e. The van der Waals surface area contributed by atoms with Gasteiger partial charge < -0.3 is 4.74 Å². The average molecular weight is 418 g/mol. The average Bonchev–Trinajstić information content (AvgIpc) is 2.68. The summed E-state index contributed by atoms with van der Waals surface area (Å²) in [6, 6.07) is 4.97. The van der Waals surface area contributed by atoms with Gasteiger partial charge >= 0.3 is 6.11 Å². The van der Waals surface area contributed by atoms with E-state index in [0.29, 0.717) is 37.0 Å². The Balaban J connectivity index is 1.81. The van der Waals surface area contributed by atoms with E-state index < -0.39 is 58.4 Å². The van der Waals surface area contributed by atoms with E-state index in [2.05, 4.69) is 4.74 Å². The standard InChI is InChI=1S/C21H17F7O/c1-2-11-5-8-15(19(25)18(11)24)12-3-6-13(7-4-12)21(27,28)29-14-9-16(22)20(26)17(23)10-14/h3-4,6-7,9-11,15H,2,5,8H2,1H3. The molecular formula is C21H17F7O. The maximum atomic E-state index is 14.3. The zero-order valence-electron chi connectivity index (χ0n) is 15.3. The van der Waals surface area contributed by atoms with Gasteiger partial charge in [0.25, 0.3) is 0 Å². The molecule has 0 heterocycles. The van der Waals surface area contributed by atoms with E-state index in [9.17, 15) is 30.7 Å². The van der Waals surface area contributed by atoms with Crippen molar-refractivity contribution >= 4 is 0 Å². The Kier molecular flexibility index (Phi) is 5.91. The minimum atomic E-state index is -3.99. The van der Waals surface area contributed by atoms with E-state index in [4.69, 9.17) is 0 Å². The lowest BCUT2D eigenvalue weighted by Crippen LogP contribution is -2.22. The van der Waals surface area contributed by atoms with Gasteiger partial charge in [-0.2, -0.15) is 8.78 Å². The van der Waals surface area contributed by atoms with Crippen molar-refractivity contribution < 1.29 is 35.5 Å². The van der Waals surface area contributed by atoms with Gasteiger partial charge in [0.15, 0.2) is 17.5 Å². The number of ether oxygens (including phenoxy) is 1. The molecule has 0 fully saturated rings. The maximum absolute atomic E-state index is 14.3. The fourth-order valence-corrected chi connectivity index (χ4v) is 3.39. The molecule has 2 atom stereocenters. The van der Waals surface area contributed by atoms with Crippen molar-refractivity contribution in [3.8, 4) is 5.75 Å². The SMILES string of the molecule is CCC1CCC(c2ccc(C(F)(F)Oc3cc(F)c(F)c(F)c3)cc2)C(F)=C1F. The van der Waals surface area contributed by atoms with Crippen LogP contribution in [0.25, 0.3) is 0 Å². The van der Waals surface area contributed by atoms with E-state index in [1.807, 2.05) is 0 Å². The minimum Gasteiger partial charge on any atom is -0.429 e. The quantitative estimate of drug-likeness (QED) is 0.366. The Labute approximate surface area is 162 Å². The molecule has 0 radical (unpaired) electrons. The van der Waals surface area contributed by atoms with Gasteiger partial charge in [-0.25, -0.2) is 22.0 Å². The highest BCUT2D eigenvalue weighted by molar-refractivity contribution is 5.34. The molecule has 0 N–H and O–H groups in total. The molecule has 1 aliphatic rings. The van der Waals surface area contributed by atoms with Crippen LogP contribution in [0.4, 0.5) is 30.7 Å². The van der Waals surface area contributed by atoms with Crippen LogP contribution in [0.2, 0.25) is 0 Å². The second kappa shape index (κ2) is 8.08. The molecular weight excluding hydrogens is 401 g/mol. The number of benzene rings is 2. The Bertz CT molecular complexity index is 898. The van der Waals surface area contributed by atoms with Crippen LogP contribution in [-0.2, 0) is 6.11 Å². The monoisotopic (exact) mass is 418 g/mol. The summed E-state index contributed by atoms with van der Waals surface area (Å²) in [7, 11) is 0. The lowest BCUT2D eigenvalue weighted by Gasteiger charge is -2.26. The highest BCUT2D eigenvalue weighted by Gasteiger charge is 2.36.